The van der Waals surface area contributed by atoms with E-state index >= 15 is 0 Å². The standard InChI is InChI=1S/C20H19NO3.2C2H6/c22-20(23)19-9-7-17(8-10-19)2-1-16-3-5-18(6-4-16)15-21-11-13-24-14-12-21;2*1-2/h3-10H,11-15H2,(H,22,23);2*1-2H3. The summed E-state index contributed by atoms with van der Waals surface area (Å²) in [5.74, 6) is 5.24. The quantitative estimate of drug-likeness (QED) is 0.785. The van der Waals surface area contributed by atoms with Gasteiger partial charge in [0.15, 0.2) is 0 Å². The molecule has 0 radical (unpaired) electrons. The van der Waals surface area contributed by atoms with Gasteiger partial charge in [-0.15, -0.1) is 0 Å². The lowest BCUT2D eigenvalue weighted by atomic mass is 10.1. The summed E-state index contributed by atoms with van der Waals surface area (Å²) in [6, 6.07) is 14.8. The minimum atomic E-state index is -0.926. The Hall–Kier alpha value is -2.61. The molecule has 2 aromatic carbocycles. The van der Waals surface area contributed by atoms with E-state index in [1.165, 1.54) is 5.56 Å². The van der Waals surface area contributed by atoms with Crippen LogP contribution in [0.2, 0.25) is 0 Å². The third kappa shape index (κ3) is 7.96. The maximum atomic E-state index is 10.8. The Morgan fingerprint density at radius 1 is 0.893 bits per heavy atom. The van der Waals surface area contributed by atoms with Gasteiger partial charge in [-0.3, -0.25) is 4.90 Å². The summed E-state index contributed by atoms with van der Waals surface area (Å²) in [6.45, 7) is 12.5. The van der Waals surface area contributed by atoms with Gasteiger partial charge in [-0.1, -0.05) is 51.7 Å². The normalized spacial score (nSPS) is 13.0. The van der Waals surface area contributed by atoms with Crippen molar-refractivity contribution < 1.29 is 14.6 Å². The Kier molecular flexibility index (Phi) is 11.3. The number of hydrogen-bond acceptors (Lipinski definition) is 3. The van der Waals surface area contributed by atoms with E-state index < -0.39 is 5.97 Å². The zero-order valence-electron chi connectivity index (χ0n) is 17.4. The van der Waals surface area contributed by atoms with Crippen LogP contribution in [0.1, 0.15) is 54.7 Å². The third-order valence-corrected chi connectivity index (χ3v) is 3.95. The molecule has 4 nitrogen and oxygen atoms in total. The van der Waals surface area contributed by atoms with Crippen LogP contribution in [0, 0.1) is 11.8 Å². The van der Waals surface area contributed by atoms with Gasteiger partial charge in [0.1, 0.15) is 0 Å². The van der Waals surface area contributed by atoms with Gasteiger partial charge in [-0.05, 0) is 42.0 Å². The van der Waals surface area contributed by atoms with Crippen LogP contribution in [0.3, 0.4) is 0 Å². The molecule has 0 aliphatic carbocycles. The Labute approximate surface area is 169 Å². The van der Waals surface area contributed by atoms with E-state index in [1.807, 2.05) is 39.8 Å². The van der Waals surface area contributed by atoms with Crippen molar-refractivity contribution in [3.8, 4) is 11.8 Å². The molecule has 0 unspecified atom stereocenters. The number of carbonyl (C=O) groups is 1. The molecule has 1 N–H and O–H groups in total. The second-order valence-electron chi connectivity index (χ2n) is 5.72. The molecular formula is C24H31NO3. The second-order valence-corrected chi connectivity index (χ2v) is 5.72. The van der Waals surface area contributed by atoms with Crippen molar-refractivity contribution in [2.45, 2.75) is 34.2 Å². The van der Waals surface area contributed by atoms with Crippen molar-refractivity contribution in [2.24, 2.45) is 0 Å². The lowest BCUT2D eigenvalue weighted by molar-refractivity contribution is 0.0342. The number of rotatable bonds is 3. The van der Waals surface area contributed by atoms with Crippen molar-refractivity contribution in [1.29, 1.82) is 0 Å². The summed E-state index contributed by atoms with van der Waals surface area (Å²) >= 11 is 0. The molecular weight excluding hydrogens is 350 g/mol. The summed E-state index contributed by atoms with van der Waals surface area (Å²) < 4.78 is 5.36. The van der Waals surface area contributed by atoms with Gasteiger partial charge in [0.25, 0.3) is 0 Å². The van der Waals surface area contributed by atoms with Crippen LogP contribution in [0.25, 0.3) is 0 Å². The SMILES string of the molecule is CC.CC.O=C(O)c1ccc(C#Cc2ccc(CN3CCOCC3)cc2)cc1. The first kappa shape index (κ1) is 23.4. The average Bonchev–Trinajstić information content (AvgIpc) is 2.77. The Morgan fingerprint density at radius 2 is 1.36 bits per heavy atom. The van der Waals surface area contributed by atoms with E-state index in [4.69, 9.17) is 9.84 Å². The summed E-state index contributed by atoms with van der Waals surface area (Å²) in [5, 5.41) is 8.88. The minimum absolute atomic E-state index is 0.271. The van der Waals surface area contributed by atoms with Crippen molar-refractivity contribution in [2.75, 3.05) is 26.3 Å². The van der Waals surface area contributed by atoms with Crippen LogP contribution >= 0.6 is 0 Å². The van der Waals surface area contributed by atoms with E-state index in [0.29, 0.717) is 0 Å². The molecule has 1 aliphatic rings. The van der Waals surface area contributed by atoms with Gasteiger partial charge >= 0.3 is 5.97 Å². The topological polar surface area (TPSA) is 49.8 Å². The first-order chi connectivity index (χ1) is 13.7. The highest BCUT2D eigenvalue weighted by Gasteiger charge is 2.10. The van der Waals surface area contributed by atoms with Crippen LogP contribution in [0.15, 0.2) is 48.5 Å². The number of ether oxygens (including phenoxy) is 1. The summed E-state index contributed by atoms with van der Waals surface area (Å²) in [6.07, 6.45) is 0. The molecule has 0 saturated carbocycles. The Bertz CT molecular complexity index is 749. The maximum absolute atomic E-state index is 10.8. The van der Waals surface area contributed by atoms with Crippen molar-refractivity contribution in [3.63, 3.8) is 0 Å². The fourth-order valence-electron chi connectivity index (χ4n) is 2.55. The third-order valence-electron chi connectivity index (χ3n) is 3.95. The van der Waals surface area contributed by atoms with E-state index in [2.05, 4.69) is 28.9 Å². The van der Waals surface area contributed by atoms with Gasteiger partial charge in [0.05, 0.1) is 18.8 Å². The van der Waals surface area contributed by atoms with E-state index in [1.54, 1.807) is 24.3 Å². The van der Waals surface area contributed by atoms with Crippen LogP contribution in [-0.2, 0) is 11.3 Å². The van der Waals surface area contributed by atoms with Crippen LogP contribution in [0.4, 0.5) is 0 Å². The lowest BCUT2D eigenvalue weighted by Gasteiger charge is -2.26. The minimum Gasteiger partial charge on any atom is -0.478 e. The highest BCUT2D eigenvalue weighted by molar-refractivity contribution is 5.87. The number of aromatic carboxylic acids is 1. The molecule has 1 heterocycles. The molecule has 0 aromatic heterocycles. The lowest BCUT2D eigenvalue weighted by Crippen LogP contribution is -2.35. The molecule has 3 rings (SSSR count). The summed E-state index contributed by atoms with van der Waals surface area (Å²) in [7, 11) is 0. The predicted molar refractivity (Wildman–Crippen MR) is 115 cm³/mol. The predicted octanol–water partition coefficient (Wildman–Crippen LogP) is 4.67. The molecule has 0 amide bonds. The van der Waals surface area contributed by atoms with Gasteiger partial charge in [0.2, 0.25) is 0 Å². The highest BCUT2D eigenvalue weighted by atomic mass is 16.5. The van der Waals surface area contributed by atoms with E-state index in [9.17, 15) is 4.79 Å². The number of benzene rings is 2. The number of hydrogen-bond donors (Lipinski definition) is 1. The monoisotopic (exact) mass is 381 g/mol. The van der Waals surface area contributed by atoms with E-state index in [-0.39, 0.29) is 5.56 Å². The Balaban J connectivity index is 0.000000921. The fourth-order valence-corrected chi connectivity index (χ4v) is 2.55. The van der Waals surface area contributed by atoms with Crippen LogP contribution in [0.5, 0.6) is 0 Å². The van der Waals surface area contributed by atoms with Gasteiger partial charge in [-0.25, -0.2) is 4.79 Å². The highest BCUT2D eigenvalue weighted by Crippen LogP contribution is 2.09. The zero-order valence-corrected chi connectivity index (χ0v) is 17.4. The fraction of sp³-hybridized carbons (Fsp3) is 0.375. The molecule has 2 aromatic rings. The molecule has 0 spiro atoms. The first-order valence-corrected chi connectivity index (χ1v) is 9.95. The molecule has 4 heteroatoms. The summed E-state index contributed by atoms with van der Waals surface area (Å²) in [5.41, 5.74) is 3.29. The van der Waals surface area contributed by atoms with E-state index in [0.717, 1.165) is 44.0 Å². The maximum Gasteiger partial charge on any atom is 0.335 e. The molecule has 1 aliphatic heterocycles. The number of morpholine rings is 1. The number of carboxylic acids is 1. The van der Waals surface area contributed by atoms with Crippen LogP contribution in [-0.4, -0.2) is 42.3 Å². The Morgan fingerprint density at radius 3 is 1.82 bits per heavy atom. The summed E-state index contributed by atoms with van der Waals surface area (Å²) in [4.78, 5) is 13.2. The smallest absolute Gasteiger partial charge is 0.335 e. The molecule has 1 saturated heterocycles. The van der Waals surface area contributed by atoms with Crippen molar-refractivity contribution in [1.82, 2.24) is 4.90 Å². The van der Waals surface area contributed by atoms with Crippen LogP contribution < -0.4 is 0 Å². The largest absolute Gasteiger partial charge is 0.478 e. The molecule has 0 bridgehead atoms. The number of carboxylic acid groups (broad SMARTS) is 1. The molecule has 150 valence electrons. The first-order valence-electron chi connectivity index (χ1n) is 9.95. The molecule has 1 fully saturated rings. The van der Waals surface area contributed by atoms with Gasteiger partial charge in [0, 0.05) is 30.8 Å². The second kappa shape index (κ2) is 13.5. The zero-order chi connectivity index (χ0) is 20.8. The molecule has 28 heavy (non-hydrogen) atoms. The molecule has 0 atom stereocenters. The van der Waals surface area contributed by atoms with Crippen molar-refractivity contribution >= 4 is 5.97 Å². The van der Waals surface area contributed by atoms with Gasteiger partial charge in [-0.2, -0.15) is 0 Å². The number of nitrogens with zero attached hydrogens (tertiary/aromatic N) is 1. The average molecular weight is 382 g/mol. The van der Waals surface area contributed by atoms with Crippen molar-refractivity contribution in [3.05, 3.63) is 70.8 Å². The van der Waals surface area contributed by atoms with Gasteiger partial charge < -0.3 is 9.84 Å².